The Morgan fingerprint density at radius 1 is 1.05 bits per heavy atom. The van der Waals surface area contributed by atoms with Gasteiger partial charge in [0.2, 0.25) is 21.8 Å². The van der Waals surface area contributed by atoms with Gasteiger partial charge in [0, 0.05) is 12.6 Å². The van der Waals surface area contributed by atoms with Gasteiger partial charge in [-0.25, -0.2) is 8.42 Å². The van der Waals surface area contributed by atoms with Crippen LogP contribution in [0.15, 0.2) is 48.5 Å². The number of benzene rings is 2. The number of amides is 2. The van der Waals surface area contributed by atoms with E-state index in [-0.39, 0.29) is 23.9 Å². The van der Waals surface area contributed by atoms with Gasteiger partial charge in [0.05, 0.1) is 19.1 Å². The zero-order chi connectivity index (χ0) is 28.0. The molecule has 2 rings (SSSR count). The van der Waals surface area contributed by atoms with E-state index in [1.54, 1.807) is 31.4 Å². The fourth-order valence-electron chi connectivity index (χ4n) is 4.01. The highest BCUT2D eigenvalue weighted by molar-refractivity contribution is 7.92. The molecule has 0 heterocycles. The number of hydrogen-bond acceptors (Lipinski definition) is 5. The number of nitrogens with one attached hydrogen (secondary N) is 1. The average Bonchev–Trinajstić information content (AvgIpc) is 2.80. The summed E-state index contributed by atoms with van der Waals surface area (Å²) < 4.78 is 32.0. The van der Waals surface area contributed by atoms with Crippen molar-refractivity contribution < 1.29 is 22.7 Å². The molecule has 1 N–H and O–H groups in total. The predicted molar refractivity (Wildman–Crippen MR) is 148 cm³/mol. The lowest BCUT2D eigenvalue weighted by atomic mass is 9.87. The molecule has 0 spiro atoms. The molecule has 9 heteroatoms. The first kappa shape index (κ1) is 30.2. The van der Waals surface area contributed by atoms with Crippen molar-refractivity contribution in [3.8, 4) is 5.75 Å². The van der Waals surface area contributed by atoms with Gasteiger partial charge in [-0.2, -0.15) is 0 Å². The highest BCUT2D eigenvalue weighted by Gasteiger charge is 2.32. The summed E-state index contributed by atoms with van der Waals surface area (Å²) in [6.07, 6.45) is 1.44. The minimum atomic E-state index is -3.78. The highest BCUT2D eigenvalue weighted by Crippen LogP contribution is 2.26. The van der Waals surface area contributed by atoms with E-state index in [2.05, 4.69) is 26.1 Å². The Balaban J connectivity index is 2.46. The summed E-state index contributed by atoms with van der Waals surface area (Å²) >= 11 is 0. The molecule has 0 aliphatic heterocycles. The van der Waals surface area contributed by atoms with E-state index in [4.69, 9.17) is 4.74 Å². The number of hydrogen-bond donors (Lipinski definition) is 1. The second-order valence-corrected chi connectivity index (χ2v) is 12.4. The molecule has 1 atom stereocenters. The number of ether oxygens (including phenoxy) is 1. The summed E-state index contributed by atoms with van der Waals surface area (Å²) in [6, 6.07) is 13.5. The van der Waals surface area contributed by atoms with Gasteiger partial charge < -0.3 is 15.0 Å². The third-order valence-electron chi connectivity index (χ3n) is 6.00. The summed E-state index contributed by atoms with van der Waals surface area (Å²) in [4.78, 5) is 28.3. The van der Waals surface area contributed by atoms with Crippen LogP contribution in [0.2, 0.25) is 0 Å². The highest BCUT2D eigenvalue weighted by atomic mass is 32.2. The maximum Gasteiger partial charge on any atom is 0.244 e. The van der Waals surface area contributed by atoms with Crippen molar-refractivity contribution in [2.45, 2.75) is 72.0 Å². The summed E-state index contributed by atoms with van der Waals surface area (Å²) in [6.45, 7) is 11.5. The molecule has 0 radical (unpaired) electrons. The molecular formula is C28H41N3O5S. The van der Waals surface area contributed by atoms with Gasteiger partial charge in [0.15, 0.2) is 0 Å². The molecule has 0 aliphatic rings. The Morgan fingerprint density at radius 2 is 1.68 bits per heavy atom. The third-order valence-corrected chi connectivity index (χ3v) is 7.15. The minimum Gasteiger partial charge on any atom is -0.497 e. The van der Waals surface area contributed by atoms with Crippen molar-refractivity contribution in [1.82, 2.24) is 10.2 Å². The van der Waals surface area contributed by atoms with Crippen LogP contribution in [0.5, 0.6) is 5.75 Å². The average molecular weight is 532 g/mol. The Morgan fingerprint density at radius 3 is 2.16 bits per heavy atom. The van der Waals surface area contributed by atoms with E-state index in [1.165, 1.54) is 4.90 Å². The van der Waals surface area contributed by atoms with Crippen LogP contribution in [-0.2, 0) is 31.6 Å². The van der Waals surface area contributed by atoms with Crippen LogP contribution in [-0.4, -0.2) is 57.1 Å². The molecule has 0 fully saturated rings. The molecule has 0 saturated heterocycles. The molecule has 0 aromatic heterocycles. The van der Waals surface area contributed by atoms with Crippen molar-refractivity contribution in [2.75, 3.05) is 24.2 Å². The zero-order valence-electron chi connectivity index (χ0n) is 23.2. The molecule has 0 aliphatic carbocycles. The van der Waals surface area contributed by atoms with Gasteiger partial charge in [-0.05, 0) is 61.1 Å². The lowest BCUT2D eigenvalue weighted by Gasteiger charge is -2.33. The number of carbonyl (C=O) groups is 2. The molecule has 2 aromatic rings. The zero-order valence-corrected chi connectivity index (χ0v) is 24.1. The molecule has 2 aromatic carbocycles. The first-order valence-electron chi connectivity index (χ1n) is 12.5. The molecule has 0 unspecified atom stereocenters. The van der Waals surface area contributed by atoms with Crippen molar-refractivity contribution in [3.63, 3.8) is 0 Å². The van der Waals surface area contributed by atoms with Crippen LogP contribution >= 0.6 is 0 Å². The van der Waals surface area contributed by atoms with Gasteiger partial charge in [-0.15, -0.1) is 0 Å². The molecule has 0 bridgehead atoms. The Kier molecular flexibility index (Phi) is 10.1. The number of carbonyl (C=O) groups excluding carboxylic acids is 2. The van der Waals surface area contributed by atoms with Crippen LogP contribution in [0.3, 0.4) is 0 Å². The molecule has 204 valence electrons. The largest absolute Gasteiger partial charge is 0.497 e. The second-order valence-electron chi connectivity index (χ2n) is 10.5. The third kappa shape index (κ3) is 8.49. The van der Waals surface area contributed by atoms with Gasteiger partial charge in [-0.3, -0.25) is 13.9 Å². The Hall–Kier alpha value is -3.07. The van der Waals surface area contributed by atoms with Crippen LogP contribution in [0.4, 0.5) is 5.69 Å². The molecule has 8 nitrogen and oxygen atoms in total. The van der Waals surface area contributed by atoms with Gasteiger partial charge in [0.1, 0.15) is 18.3 Å². The SMILES string of the molecule is CC[C@@H](C(=O)NC(C)C)N(Cc1cccc(OC)c1)C(=O)CN(c1ccc(C(C)(C)C)cc1)S(C)(=O)=O. The van der Waals surface area contributed by atoms with Crippen LogP contribution in [0.1, 0.15) is 59.1 Å². The lowest BCUT2D eigenvalue weighted by molar-refractivity contribution is -0.140. The molecule has 37 heavy (non-hydrogen) atoms. The van der Waals surface area contributed by atoms with E-state index in [9.17, 15) is 18.0 Å². The standard InChI is InChI=1S/C28H41N3O5S/c1-9-25(27(33)29-20(2)3)30(18-21-11-10-12-24(17-21)36-7)26(32)19-31(37(8,34)35)23-15-13-22(14-16-23)28(4,5)6/h10-17,20,25H,9,18-19H2,1-8H3,(H,29,33)/t25-/m0/s1. The van der Waals surface area contributed by atoms with Gasteiger partial charge in [0.25, 0.3) is 0 Å². The Bertz CT molecular complexity index is 1170. The summed E-state index contributed by atoms with van der Waals surface area (Å²) in [7, 11) is -2.23. The number of methoxy groups -OCH3 is 1. The summed E-state index contributed by atoms with van der Waals surface area (Å²) in [5, 5.41) is 2.88. The second kappa shape index (κ2) is 12.4. The van der Waals surface area contributed by atoms with Crippen LogP contribution < -0.4 is 14.4 Å². The van der Waals surface area contributed by atoms with E-state index in [0.29, 0.717) is 17.9 Å². The van der Waals surface area contributed by atoms with Crippen molar-refractivity contribution in [1.29, 1.82) is 0 Å². The van der Waals surface area contributed by atoms with Crippen molar-refractivity contribution in [2.24, 2.45) is 0 Å². The molecule has 0 saturated carbocycles. The molecular weight excluding hydrogens is 490 g/mol. The maximum atomic E-state index is 13.8. The fourth-order valence-corrected chi connectivity index (χ4v) is 4.86. The number of anilines is 1. The van der Waals surface area contributed by atoms with E-state index < -0.39 is 28.5 Å². The first-order valence-corrected chi connectivity index (χ1v) is 14.3. The van der Waals surface area contributed by atoms with Gasteiger partial charge >= 0.3 is 0 Å². The fraction of sp³-hybridized carbons (Fsp3) is 0.500. The van der Waals surface area contributed by atoms with Crippen LogP contribution in [0, 0.1) is 0 Å². The van der Waals surface area contributed by atoms with E-state index in [1.807, 2.05) is 45.0 Å². The summed E-state index contributed by atoms with van der Waals surface area (Å²) in [5.74, 6) is -0.130. The topological polar surface area (TPSA) is 96.0 Å². The van der Waals surface area contributed by atoms with E-state index >= 15 is 0 Å². The lowest BCUT2D eigenvalue weighted by Crippen LogP contribution is -2.53. The maximum absolute atomic E-state index is 13.8. The normalized spacial score (nSPS) is 12.7. The number of rotatable bonds is 11. The summed E-state index contributed by atoms with van der Waals surface area (Å²) in [5.41, 5.74) is 2.11. The van der Waals surface area contributed by atoms with E-state index in [0.717, 1.165) is 21.7 Å². The number of sulfonamides is 1. The van der Waals surface area contributed by atoms with Crippen LogP contribution in [0.25, 0.3) is 0 Å². The number of nitrogens with zero attached hydrogens (tertiary/aromatic N) is 2. The van der Waals surface area contributed by atoms with Crippen molar-refractivity contribution in [3.05, 3.63) is 59.7 Å². The van der Waals surface area contributed by atoms with Crippen molar-refractivity contribution >= 4 is 27.5 Å². The molecule has 2 amide bonds. The monoisotopic (exact) mass is 531 g/mol. The Labute approximate surface area is 222 Å². The first-order chi connectivity index (χ1) is 17.2. The smallest absolute Gasteiger partial charge is 0.244 e. The minimum absolute atomic E-state index is 0.101. The quantitative estimate of drug-likeness (QED) is 0.471. The van der Waals surface area contributed by atoms with Gasteiger partial charge in [-0.1, -0.05) is 52.0 Å². The predicted octanol–water partition coefficient (Wildman–Crippen LogP) is 4.09.